The summed E-state index contributed by atoms with van der Waals surface area (Å²) < 4.78 is 11.3. The lowest BCUT2D eigenvalue weighted by atomic mass is 10.2. The Balaban J connectivity index is 1.80. The molecule has 1 fully saturated rings. The SMILES string of the molecule is CCNc1nc(OCC2CCCO2)c2[nH]cnc2n1. The zero-order chi connectivity index (χ0) is 13.1. The zero-order valence-electron chi connectivity index (χ0n) is 10.8. The summed E-state index contributed by atoms with van der Waals surface area (Å²) in [6, 6.07) is 0. The van der Waals surface area contributed by atoms with E-state index in [2.05, 4.69) is 25.3 Å². The Bertz CT molecular complexity index is 550. The number of H-pyrrole nitrogens is 1. The van der Waals surface area contributed by atoms with Crippen molar-refractivity contribution in [3.63, 3.8) is 0 Å². The number of nitrogens with one attached hydrogen (secondary N) is 2. The first-order valence-corrected chi connectivity index (χ1v) is 6.56. The molecule has 0 saturated carbocycles. The van der Waals surface area contributed by atoms with Crippen LogP contribution in [0.4, 0.5) is 5.95 Å². The molecule has 7 nitrogen and oxygen atoms in total. The highest BCUT2D eigenvalue weighted by Gasteiger charge is 2.18. The maximum atomic E-state index is 5.76. The van der Waals surface area contributed by atoms with Crippen LogP contribution in [0, 0.1) is 0 Å². The Morgan fingerprint density at radius 2 is 2.47 bits per heavy atom. The highest BCUT2D eigenvalue weighted by atomic mass is 16.5. The van der Waals surface area contributed by atoms with Crippen LogP contribution in [0.2, 0.25) is 0 Å². The molecule has 0 amide bonds. The van der Waals surface area contributed by atoms with Gasteiger partial charge in [-0.2, -0.15) is 9.97 Å². The normalized spacial score (nSPS) is 18.9. The summed E-state index contributed by atoms with van der Waals surface area (Å²) >= 11 is 0. The molecule has 0 spiro atoms. The van der Waals surface area contributed by atoms with Gasteiger partial charge in [-0.25, -0.2) is 4.98 Å². The van der Waals surface area contributed by atoms with Crippen molar-refractivity contribution in [2.45, 2.75) is 25.9 Å². The third-order valence-corrected chi connectivity index (χ3v) is 3.02. The van der Waals surface area contributed by atoms with Crippen molar-refractivity contribution in [1.82, 2.24) is 19.9 Å². The topological polar surface area (TPSA) is 85.0 Å². The fourth-order valence-corrected chi connectivity index (χ4v) is 2.10. The van der Waals surface area contributed by atoms with E-state index in [4.69, 9.17) is 9.47 Å². The minimum atomic E-state index is 0.163. The largest absolute Gasteiger partial charge is 0.473 e. The van der Waals surface area contributed by atoms with Crippen molar-refractivity contribution in [2.24, 2.45) is 0 Å². The number of aromatic amines is 1. The summed E-state index contributed by atoms with van der Waals surface area (Å²) in [6.45, 7) is 4.07. The Hall–Kier alpha value is -1.89. The number of aromatic nitrogens is 4. The molecule has 0 bridgehead atoms. The molecule has 1 aliphatic heterocycles. The van der Waals surface area contributed by atoms with Gasteiger partial charge in [0.05, 0.1) is 12.4 Å². The maximum absolute atomic E-state index is 5.76. The first kappa shape index (κ1) is 12.2. The smallest absolute Gasteiger partial charge is 0.245 e. The minimum Gasteiger partial charge on any atom is -0.473 e. The second-order valence-electron chi connectivity index (χ2n) is 4.43. The molecule has 2 aromatic rings. The lowest BCUT2D eigenvalue weighted by Crippen LogP contribution is -2.17. The van der Waals surface area contributed by atoms with Crippen molar-refractivity contribution >= 4 is 17.1 Å². The molecular weight excluding hydrogens is 246 g/mol. The maximum Gasteiger partial charge on any atom is 0.245 e. The number of fused-ring (bicyclic) bond motifs is 1. The van der Waals surface area contributed by atoms with Gasteiger partial charge in [0.1, 0.15) is 12.1 Å². The predicted octanol–water partition coefficient (Wildman–Crippen LogP) is 1.34. The summed E-state index contributed by atoms with van der Waals surface area (Å²) in [5, 5.41) is 3.07. The average Bonchev–Trinajstić information content (AvgIpc) is 3.07. The van der Waals surface area contributed by atoms with E-state index in [1.165, 1.54) is 0 Å². The average molecular weight is 263 g/mol. The highest BCUT2D eigenvalue weighted by Crippen LogP contribution is 2.22. The molecule has 19 heavy (non-hydrogen) atoms. The van der Waals surface area contributed by atoms with Gasteiger partial charge in [-0.15, -0.1) is 0 Å². The Kier molecular flexibility index (Phi) is 3.45. The van der Waals surface area contributed by atoms with E-state index in [0.29, 0.717) is 24.1 Å². The molecule has 1 unspecified atom stereocenters. The predicted molar refractivity (Wildman–Crippen MR) is 70.3 cm³/mol. The van der Waals surface area contributed by atoms with Crippen molar-refractivity contribution in [3.8, 4) is 5.88 Å². The van der Waals surface area contributed by atoms with E-state index >= 15 is 0 Å². The van der Waals surface area contributed by atoms with Gasteiger partial charge in [0.15, 0.2) is 5.65 Å². The van der Waals surface area contributed by atoms with Gasteiger partial charge in [0, 0.05) is 13.2 Å². The van der Waals surface area contributed by atoms with Crippen LogP contribution < -0.4 is 10.1 Å². The van der Waals surface area contributed by atoms with Gasteiger partial charge in [-0.1, -0.05) is 0 Å². The number of imidazole rings is 1. The van der Waals surface area contributed by atoms with Gasteiger partial charge in [0.25, 0.3) is 0 Å². The zero-order valence-corrected chi connectivity index (χ0v) is 10.8. The first-order chi connectivity index (χ1) is 9.36. The molecular formula is C12H17N5O2. The van der Waals surface area contributed by atoms with Crippen LogP contribution in [0.1, 0.15) is 19.8 Å². The third-order valence-electron chi connectivity index (χ3n) is 3.02. The lowest BCUT2D eigenvalue weighted by molar-refractivity contribution is 0.0669. The number of ether oxygens (including phenoxy) is 2. The van der Waals surface area contributed by atoms with Gasteiger partial charge >= 0.3 is 0 Å². The van der Waals surface area contributed by atoms with Gasteiger partial charge in [-0.3, -0.25) is 0 Å². The summed E-state index contributed by atoms with van der Waals surface area (Å²) in [7, 11) is 0. The van der Waals surface area contributed by atoms with Crippen molar-refractivity contribution in [3.05, 3.63) is 6.33 Å². The van der Waals surface area contributed by atoms with E-state index in [9.17, 15) is 0 Å². The first-order valence-electron chi connectivity index (χ1n) is 6.56. The van der Waals surface area contributed by atoms with Gasteiger partial charge in [0.2, 0.25) is 11.8 Å². The number of anilines is 1. The van der Waals surface area contributed by atoms with E-state index in [-0.39, 0.29) is 6.10 Å². The summed E-state index contributed by atoms with van der Waals surface area (Å²) in [6.07, 6.45) is 3.89. The van der Waals surface area contributed by atoms with Gasteiger partial charge in [-0.05, 0) is 19.8 Å². The van der Waals surface area contributed by atoms with Crippen LogP contribution in [0.15, 0.2) is 6.33 Å². The summed E-state index contributed by atoms with van der Waals surface area (Å²) in [4.78, 5) is 15.8. The molecule has 102 valence electrons. The fourth-order valence-electron chi connectivity index (χ4n) is 2.10. The Morgan fingerprint density at radius 3 is 3.26 bits per heavy atom. The molecule has 0 radical (unpaired) electrons. The minimum absolute atomic E-state index is 0.163. The molecule has 2 N–H and O–H groups in total. The number of hydrogen-bond donors (Lipinski definition) is 2. The van der Waals surface area contributed by atoms with Crippen LogP contribution in [0.5, 0.6) is 5.88 Å². The monoisotopic (exact) mass is 263 g/mol. The lowest BCUT2D eigenvalue weighted by Gasteiger charge is -2.11. The van der Waals surface area contributed by atoms with Crippen LogP contribution in [0.25, 0.3) is 11.2 Å². The number of nitrogens with zero attached hydrogens (tertiary/aromatic N) is 3. The fraction of sp³-hybridized carbons (Fsp3) is 0.583. The molecule has 1 saturated heterocycles. The van der Waals surface area contributed by atoms with E-state index in [0.717, 1.165) is 31.5 Å². The molecule has 0 aliphatic carbocycles. The molecule has 3 heterocycles. The Morgan fingerprint density at radius 1 is 1.53 bits per heavy atom. The Labute approximate surface area is 110 Å². The quantitative estimate of drug-likeness (QED) is 0.846. The van der Waals surface area contributed by atoms with Crippen molar-refractivity contribution in [1.29, 1.82) is 0 Å². The third kappa shape index (κ3) is 2.60. The van der Waals surface area contributed by atoms with Gasteiger partial charge < -0.3 is 19.8 Å². The second-order valence-corrected chi connectivity index (χ2v) is 4.43. The molecule has 3 rings (SSSR count). The molecule has 2 aromatic heterocycles. The second kappa shape index (κ2) is 5.40. The van der Waals surface area contributed by atoms with Crippen molar-refractivity contribution in [2.75, 3.05) is 25.1 Å². The molecule has 0 aromatic carbocycles. The summed E-state index contributed by atoms with van der Waals surface area (Å²) in [5.74, 6) is 1.05. The van der Waals surface area contributed by atoms with Crippen LogP contribution in [-0.2, 0) is 4.74 Å². The standard InChI is InChI=1S/C12H17N5O2/c1-2-13-12-16-10-9(14-7-15-10)11(17-12)19-6-8-4-3-5-18-8/h7-8H,2-6H2,1H3,(H2,13,14,15,16,17). The van der Waals surface area contributed by atoms with Crippen molar-refractivity contribution < 1.29 is 9.47 Å². The van der Waals surface area contributed by atoms with E-state index < -0.39 is 0 Å². The van der Waals surface area contributed by atoms with Crippen LogP contribution >= 0.6 is 0 Å². The van der Waals surface area contributed by atoms with Crippen LogP contribution in [0.3, 0.4) is 0 Å². The van der Waals surface area contributed by atoms with E-state index in [1.807, 2.05) is 6.92 Å². The molecule has 1 aliphatic rings. The van der Waals surface area contributed by atoms with E-state index in [1.54, 1.807) is 6.33 Å². The number of rotatable bonds is 5. The highest BCUT2D eigenvalue weighted by molar-refractivity contribution is 5.76. The molecule has 7 heteroatoms. The number of hydrogen-bond acceptors (Lipinski definition) is 6. The van der Waals surface area contributed by atoms with Crippen LogP contribution in [-0.4, -0.2) is 45.8 Å². The molecule has 1 atom stereocenters. The summed E-state index contributed by atoms with van der Waals surface area (Å²) in [5.41, 5.74) is 1.33.